The number of carbonyl (C=O) groups excluding carboxylic acids is 1. The van der Waals surface area contributed by atoms with Crippen molar-refractivity contribution >= 4 is 5.97 Å². The molecule has 0 amide bonds. The standard InChI is InChI=1S/C11H12FN3O2/c1-4-17-10(16)11(3,5-13)9-8(12)7(2)14-6-15-9/h6H,4H2,1-3H3. The molecule has 5 nitrogen and oxygen atoms in total. The molecule has 0 saturated heterocycles. The van der Waals surface area contributed by atoms with Crippen LogP contribution in [0.25, 0.3) is 0 Å². The van der Waals surface area contributed by atoms with E-state index >= 15 is 0 Å². The van der Waals surface area contributed by atoms with Crippen LogP contribution in [0, 0.1) is 24.1 Å². The summed E-state index contributed by atoms with van der Waals surface area (Å²) in [6, 6.07) is 1.74. The maximum Gasteiger partial charge on any atom is 0.332 e. The molecule has 0 spiro atoms. The van der Waals surface area contributed by atoms with Gasteiger partial charge in [-0.2, -0.15) is 5.26 Å². The van der Waals surface area contributed by atoms with E-state index in [1.54, 1.807) is 13.0 Å². The van der Waals surface area contributed by atoms with Gasteiger partial charge in [0.2, 0.25) is 0 Å². The van der Waals surface area contributed by atoms with E-state index in [-0.39, 0.29) is 18.0 Å². The Bertz CT molecular complexity index is 484. The zero-order valence-electron chi connectivity index (χ0n) is 9.82. The first-order valence-electron chi connectivity index (χ1n) is 5.03. The van der Waals surface area contributed by atoms with Crippen LogP contribution in [0.3, 0.4) is 0 Å². The first-order chi connectivity index (χ1) is 7.97. The van der Waals surface area contributed by atoms with Crippen LogP contribution in [0.1, 0.15) is 25.2 Å². The van der Waals surface area contributed by atoms with Crippen molar-refractivity contribution in [1.29, 1.82) is 5.26 Å². The largest absolute Gasteiger partial charge is 0.465 e. The second kappa shape index (κ2) is 4.87. The van der Waals surface area contributed by atoms with Gasteiger partial charge in [-0.05, 0) is 20.8 Å². The summed E-state index contributed by atoms with van der Waals surface area (Å²) in [6.07, 6.45) is 1.11. The Morgan fingerprint density at radius 2 is 2.29 bits per heavy atom. The van der Waals surface area contributed by atoms with E-state index in [2.05, 4.69) is 9.97 Å². The van der Waals surface area contributed by atoms with Crippen molar-refractivity contribution in [3.8, 4) is 6.07 Å². The van der Waals surface area contributed by atoms with Gasteiger partial charge in [-0.25, -0.2) is 19.2 Å². The minimum absolute atomic E-state index is 0.0840. The number of aryl methyl sites for hydroxylation is 1. The minimum atomic E-state index is -1.76. The number of nitriles is 1. The summed E-state index contributed by atoms with van der Waals surface area (Å²) < 4.78 is 18.6. The van der Waals surface area contributed by atoms with Crippen LogP contribution in [-0.4, -0.2) is 22.5 Å². The normalized spacial score (nSPS) is 13.6. The van der Waals surface area contributed by atoms with Crippen molar-refractivity contribution < 1.29 is 13.9 Å². The summed E-state index contributed by atoms with van der Waals surface area (Å²) in [5.74, 6) is -1.58. The molecule has 0 N–H and O–H groups in total. The van der Waals surface area contributed by atoms with E-state index < -0.39 is 17.2 Å². The lowest BCUT2D eigenvalue weighted by Gasteiger charge is -2.19. The number of esters is 1. The molecular formula is C11H12FN3O2. The van der Waals surface area contributed by atoms with Gasteiger partial charge < -0.3 is 4.74 Å². The summed E-state index contributed by atoms with van der Waals surface area (Å²) in [5, 5.41) is 9.07. The van der Waals surface area contributed by atoms with Gasteiger partial charge in [0.15, 0.2) is 11.2 Å². The number of hydrogen-bond donors (Lipinski definition) is 0. The zero-order valence-corrected chi connectivity index (χ0v) is 9.82. The smallest absolute Gasteiger partial charge is 0.332 e. The molecular weight excluding hydrogens is 225 g/mol. The second-order valence-corrected chi connectivity index (χ2v) is 3.58. The van der Waals surface area contributed by atoms with Crippen molar-refractivity contribution in [3.05, 3.63) is 23.5 Å². The van der Waals surface area contributed by atoms with Gasteiger partial charge in [-0.3, -0.25) is 0 Å². The highest BCUT2D eigenvalue weighted by molar-refractivity contribution is 5.85. The molecule has 0 aliphatic carbocycles. The van der Waals surface area contributed by atoms with E-state index in [0.717, 1.165) is 6.33 Å². The van der Waals surface area contributed by atoms with Gasteiger partial charge in [0, 0.05) is 0 Å². The molecule has 1 aromatic rings. The first-order valence-corrected chi connectivity index (χ1v) is 5.03. The minimum Gasteiger partial charge on any atom is -0.465 e. The molecule has 6 heteroatoms. The third-order valence-electron chi connectivity index (χ3n) is 2.34. The van der Waals surface area contributed by atoms with Gasteiger partial charge in [0.1, 0.15) is 12.0 Å². The van der Waals surface area contributed by atoms with Crippen molar-refractivity contribution in [2.24, 2.45) is 0 Å². The van der Waals surface area contributed by atoms with Gasteiger partial charge in [0.05, 0.1) is 18.4 Å². The third-order valence-corrected chi connectivity index (χ3v) is 2.34. The highest BCUT2D eigenvalue weighted by Crippen LogP contribution is 2.25. The van der Waals surface area contributed by atoms with Gasteiger partial charge in [0.25, 0.3) is 0 Å². The summed E-state index contributed by atoms with van der Waals surface area (Å²) >= 11 is 0. The van der Waals surface area contributed by atoms with Crippen LogP contribution in [0.2, 0.25) is 0 Å². The lowest BCUT2D eigenvalue weighted by atomic mass is 9.87. The van der Waals surface area contributed by atoms with Crippen molar-refractivity contribution in [2.75, 3.05) is 6.61 Å². The van der Waals surface area contributed by atoms with Crippen LogP contribution in [-0.2, 0) is 14.9 Å². The summed E-state index contributed by atoms with van der Waals surface area (Å²) in [6.45, 7) is 4.43. The summed E-state index contributed by atoms with van der Waals surface area (Å²) in [4.78, 5) is 19.0. The van der Waals surface area contributed by atoms with E-state index in [0.29, 0.717) is 0 Å². The zero-order chi connectivity index (χ0) is 13.1. The number of halogens is 1. The highest BCUT2D eigenvalue weighted by Gasteiger charge is 2.41. The van der Waals surface area contributed by atoms with Crippen molar-refractivity contribution in [3.63, 3.8) is 0 Å². The summed E-state index contributed by atoms with van der Waals surface area (Å²) in [7, 11) is 0. The average Bonchev–Trinajstić information content (AvgIpc) is 2.32. The number of carbonyl (C=O) groups is 1. The molecule has 0 saturated carbocycles. The van der Waals surface area contributed by atoms with Crippen LogP contribution in [0.5, 0.6) is 0 Å². The molecule has 1 heterocycles. The fraction of sp³-hybridized carbons (Fsp3) is 0.455. The Balaban J connectivity index is 3.32. The number of nitrogens with zero attached hydrogens (tertiary/aromatic N) is 3. The fourth-order valence-corrected chi connectivity index (χ4v) is 1.28. The van der Waals surface area contributed by atoms with Gasteiger partial charge in [-0.15, -0.1) is 0 Å². The van der Waals surface area contributed by atoms with Crippen LogP contribution in [0.4, 0.5) is 4.39 Å². The Morgan fingerprint density at radius 1 is 1.65 bits per heavy atom. The summed E-state index contributed by atoms with van der Waals surface area (Å²) in [5.41, 5.74) is -1.93. The molecule has 17 heavy (non-hydrogen) atoms. The van der Waals surface area contributed by atoms with Gasteiger partial charge >= 0.3 is 5.97 Å². The molecule has 0 fully saturated rings. The van der Waals surface area contributed by atoms with E-state index in [1.165, 1.54) is 13.8 Å². The van der Waals surface area contributed by atoms with Crippen molar-refractivity contribution in [1.82, 2.24) is 9.97 Å². The molecule has 1 aromatic heterocycles. The van der Waals surface area contributed by atoms with E-state index in [4.69, 9.17) is 10.00 Å². The molecule has 0 aromatic carbocycles. The monoisotopic (exact) mass is 237 g/mol. The molecule has 0 aliphatic heterocycles. The molecule has 0 aliphatic rings. The Labute approximate surface area is 98.3 Å². The maximum atomic E-state index is 13.8. The van der Waals surface area contributed by atoms with Gasteiger partial charge in [-0.1, -0.05) is 0 Å². The topological polar surface area (TPSA) is 75.9 Å². The molecule has 90 valence electrons. The number of ether oxygens (including phenoxy) is 1. The maximum absolute atomic E-state index is 13.8. The van der Waals surface area contributed by atoms with Crippen LogP contribution < -0.4 is 0 Å². The fourth-order valence-electron chi connectivity index (χ4n) is 1.28. The van der Waals surface area contributed by atoms with Crippen LogP contribution >= 0.6 is 0 Å². The molecule has 1 unspecified atom stereocenters. The Kier molecular flexibility index (Phi) is 3.73. The predicted molar refractivity (Wildman–Crippen MR) is 56.3 cm³/mol. The van der Waals surface area contributed by atoms with E-state index in [1.807, 2.05) is 0 Å². The number of aromatic nitrogens is 2. The predicted octanol–water partition coefficient (Wildman–Crippen LogP) is 1.27. The third kappa shape index (κ3) is 2.23. The first kappa shape index (κ1) is 13.0. The SMILES string of the molecule is CCOC(=O)C(C)(C#N)c1ncnc(C)c1F. The lowest BCUT2D eigenvalue weighted by Crippen LogP contribution is -2.35. The van der Waals surface area contributed by atoms with E-state index in [9.17, 15) is 9.18 Å². The molecule has 0 bridgehead atoms. The van der Waals surface area contributed by atoms with Crippen LogP contribution in [0.15, 0.2) is 6.33 Å². The Morgan fingerprint density at radius 3 is 2.82 bits per heavy atom. The highest BCUT2D eigenvalue weighted by atomic mass is 19.1. The number of hydrogen-bond acceptors (Lipinski definition) is 5. The van der Waals surface area contributed by atoms with Crippen molar-refractivity contribution in [2.45, 2.75) is 26.2 Å². The quantitative estimate of drug-likeness (QED) is 0.740. The Hall–Kier alpha value is -2.03. The second-order valence-electron chi connectivity index (χ2n) is 3.58. The number of rotatable bonds is 3. The lowest BCUT2D eigenvalue weighted by molar-refractivity contribution is -0.147. The average molecular weight is 237 g/mol. The molecule has 1 rings (SSSR count). The molecule has 1 atom stereocenters. The molecule has 0 radical (unpaired) electrons.